The molecule has 1 saturated heterocycles. The third kappa shape index (κ3) is 28.0. The first kappa shape index (κ1) is 51.9. The van der Waals surface area contributed by atoms with Gasteiger partial charge in [0.25, 0.3) is 0 Å². The molecule has 6 nitrogen and oxygen atoms in total. The molecule has 55 heavy (non-hydrogen) atoms. The second-order valence-electron chi connectivity index (χ2n) is 17.4. The van der Waals surface area contributed by atoms with E-state index < -0.39 is 0 Å². The van der Waals surface area contributed by atoms with Crippen molar-refractivity contribution in [3.8, 4) is 0 Å². The van der Waals surface area contributed by atoms with Gasteiger partial charge in [-0.25, -0.2) is 0 Å². The molecule has 0 aliphatic carbocycles. The van der Waals surface area contributed by atoms with Crippen LogP contribution in [0.3, 0.4) is 0 Å². The number of esters is 2. The Kier molecular flexibility index (Phi) is 36.2. The minimum absolute atomic E-state index is 0.0643. The summed E-state index contributed by atoms with van der Waals surface area (Å²) in [5, 5.41) is 0. The molecule has 1 aliphatic rings. The van der Waals surface area contributed by atoms with Crippen molar-refractivity contribution in [1.82, 2.24) is 4.90 Å². The van der Waals surface area contributed by atoms with Gasteiger partial charge in [0, 0.05) is 19.8 Å². The number of hydrogen-bond acceptors (Lipinski definition) is 6. The fraction of sp³-hybridized carbons (Fsp3) is 0.959. The Bertz CT molecular complexity index is 851. The van der Waals surface area contributed by atoms with Gasteiger partial charge in [0.1, 0.15) is 0 Å². The zero-order valence-electron chi connectivity index (χ0n) is 37.7. The highest BCUT2D eigenvalue weighted by atomic mass is 16.5. The van der Waals surface area contributed by atoms with Gasteiger partial charge in [0.15, 0.2) is 0 Å². The van der Waals surface area contributed by atoms with E-state index in [1.165, 1.54) is 135 Å². The lowest BCUT2D eigenvalue weighted by molar-refractivity contribution is -0.150. The summed E-state index contributed by atoms with van der Waals surface area (Å²) in [4.78, 5) is 29.1. The summed E-state index contributed by atoms with van der Waals surface area (Å²) in [6, 6.07) is 0.602. The second kappa shape index (κ2) is 38.4. The maximum absolute atomic E-state index is 13.2. The number of nitrogens with zero attached hydrogens (tertiary/aromatic N) is 1. The van der Waals surface area contributed by atoms with Crippen molar-refractivity contribution in [2.24, 2.45) is 17.8 Å². The first-order valence-electron chi connectivity index (χ1n) is 24.6. The normalized spacial score (nSPS) is 17.1. The molecule has 4 unspecified atom stereocenters. The van der Waals surface area contributed by atoms with Crippen molar-refractivity contribution >= 4 is 11.9 Å². The number of rotatable bonds is 41. The van der Waals surface area contributed by atoms with Gasteiger partial charge in [-0.1, -0.05) is 156 Å². The van der Waals surface area contributed by atoms with E-state index in [4.69, 9.17) is 14.2 Å². The van der Waals surface area contributed by atoms with Crippen molar-refractivity contribution in [1.29, 1.82) is 0 Å². The Morgan fingerprint density at radius 1 is 0.491 bits per heavy atom. The van der Waals surface area contributed by atoms with Crippen LogP contribution in [0, 0.1) is 17.8 Å². The second-order valence-corrected chi connectivity index (χ2v) is 17.4. The van der Waals surface area contributed by atoms with E-state index in [9.17, 15) is 9.59 Å². The molecule has 1 heterocycles. The monoisotopic (exact) mass is 778 g/mol. The van der Waals surface area contributed by atoms with Crippen LogP contribution in [-0.4, -0.2) is 62.9 Å². The molecular formula is C49H95NO5. The van der Waals surface area contributed by atoms with E-state index in [0.29, 0.717) is 25.2 Å². The zero-order chi connectivity index (χ0) is 40.0. The molecule has 4 atom stereocenters. The van der Waals surface area contributed by atoms with Crippen molar-refractivity contribution < 1.29 is 23.8 Å². The smallest absolute Gasteiger partial charge is 0.308 e. The van der Waals surface area contributed by atoms with E-state index in [1.54, 1.807) is 7.11 Å². The van der Waals surface area contributed by atoms with Gasteiger partial charge in [-0.2, -0.15) is 0 Å². The Morgan fingerprint density at radius 2 is 0.891 bits per heavy atom. The fourth-order valence-corrected chi connectivity index (χ4v) is 8.86. The number of unbranched alkanes of at least 4 members (excludes halogenated alkanes) is 19. The number of carbonyl (C=O) groups is 2. The molecule has 6 heteroatoms. The average molecular weight is 778 g/mol. The number of hydrogen-bond donors (Lipinski definition) is 0. The summed E-state index contributed by atoms with van der Waals surface area (Å²) in [6.07, 6.45) is 39.1. The zero-order valence-corrected chi connectivity index (χ0v) is 37.7. The highest BCUT2D eigenvalue weighted by molar-refractivity contribution is 5.72. The molecule has 0 spiro atoms. The molecule has 326 valence electrons. The molecule has 0 amide bonds. The molecule has 1 fully saturated rings. The van der Waals surface area contributed by atoms with Crippen LogP contribution in [0.2, 0.25) is 0 Å². The Labute approximate surface area is 343 Å². The maximum Gasteiger partial charge on any atom is 0.308 e. The van der Waals surface area contributed by atoms with E-state index in [0.717, 1.165) is 96.6 Å². The number of carbonyl (C=O) groups excluding carboxylic acids is 2. The van der Waals surface area contributed by atoms with E-state index in [2.05, 4.69) is 32.6 Å². The molecule has 0 aromatic heterocycles. The summed E-state index contributed by atoms with van der Waals surface area (Å²) in [5.41, 5.74) is 0. The van der Waals surface area contributed by atoms with Crippen LogP contribution >= 0.6 is 0 Å². The lowest BCUT2D eigenvalue weighted by atomic mass is 9.90. The van der Waals surface area contributed by atoms with Crippen LogP contribution in [0.1, 0.15) is 240 Å². The van der Waals surface area contributed by atoms with E-state index in [-0.39, 0.29) is 23.8 Å². The quantitative estimate of drug-likeness (QED) is 0.0455. The topological polar surface area (TPSA) is 65.1 Å². The van der Waals surface area contributed by atoms with Crippen LogP contribution in [0.15, 0.2) is 0 Å². The van der Waals surface area contributed by atoms with Gasteiger partial charge in [-0.3, -0.25) is 9.59 Å². The van der Waals surface area contributed by atoms with Gasteiger partial charge < -0.3 is 19.1 Å². The van der Waals surface area contributed by atoms with Gasteiger partial charge in [0.2, 0.25) is 0 Å². The predicted octanol–water partition coefficient (Wildman–Crippen LogP) is 14.2. The van der Waals surface area contributed by atoms with E-state index >= 15 is 0 Å². The number of ether oxygens (including phenoxy) is 3. The third-order valence-corrected chi connectivity index (χ3v) is 12.5. The molecule has 0 saturated carbocycles. The molecule has 0 aromatic rings. The molecular weight excluding hydrogens is 683 g/mol. The average Bonchev–Trinajstić information content (AvgIpc) is 3.57. The van der Waals surface area contributed by atoms with Crippen molar-refractivity contribution in [2.75, 3.05) is 40.0 Å². The Morgan fingerprint density at radius 3 is 1.35 bits per heavy atom. The largest absolute Gasteiger partial charge is 0.465 e. The first-order chi connectivity index (χ1) is 27.0. The first-order valence-corrected chi connectivity index (χ1v) is 24.6. The standard InChI is InChI=1S/C49H95NO5/c1-6-10-14-18-20-24-35-45(33-22-16-12-8-3)48(51)54-42-29-26-32-44-38-40-50(39-28-31-41-53-5)47(44)37-27-30-43-55-49(52)46(34-23-17-13-9-4)36-25-21-19-15-11-7-2/h44-47H,6-43H2,1-5H3. The van der Waals surface area contributed by atoms with Crippen LogP contribution < -0.4 is 0 Å². The number of methoxy groups -OCH3 is 1. The lowest BCUT2D eigenvalue weighted by Gasteiger charge is -2.28. The minimum Gasteiger partial charge on any atom is -0.465 e. The summed E-state index contributed by atoms with van der Waals surface area (Å²) >= 11 is 0. The maximum atomic E-state index is 13.2. The summed E-state index contributed by atoms with van der Waals surface area (Å²) in [7, 11) is 1.80. The fourth-order valence-electron chi connectivity index (χ4n) is 8.86. The molecule has 0 bridgehead atoms. The van der Waals surface area contributed by atoms with Crippen molar-refractivity contribution in [3.63, 3.8) is 0 Å². The van der Waals surface area contributed by atoms with Gasteiger partial charge >= 0.3 is 11.9 Å². The Balaban J connectivity index is 2.56. The lowest BCUT2D eigenvalue weighted by Crippen LogP contribution is -2.34. The molecule has 1 rings (SSSR count). The van der Waals surface area contributed by atoms with E-state index in [1.807, 2.05) is 0 Å². The third-order valence-electron chi connectivity index (χ3n) is 12.5. The summed E-state index contributed by atoms with van der Waals surface area (Å²) < 4.78 is 17.2. The predicted molar refractivity (Wildman–Crippen MR) is 235 cm³/mol. The van der Waals surface area contributed by atoms with Gasteiger partial charge in [0.05, 0.1) is 25.0 Å². The molecule has 1 aliphatic heterocycles. The summed E-state index contributed by atoms with van der Waals surface area (Å²) in [6.45, 7) is 13.3. The van der Waals surface area contributed by atoms with Crippen molar-refractivity contribution in [2.45, 2.75) is 246 Å². The molecule has 0 radical (unpaired) electrons. The van der Waals surface area contributed by atoms with Crippen LogP contribution in [0.4, 0.5) is 0 Å². The van der Waals surface area contributed by atoms with Crippen LogP contribution in [-0.2, 0) is 23.8 Å². The summed E-state index contributed by atoms with van der Waals surface area (Å²) in [5.74, 6) is 1.00. The van der Waals surface area contributed by atoms with Gasteiger partial charge in [-0.15, -0.1) is 0 Å². The Hall–Kier alpha value is -1.14. The highest BCUT2D eigenvalue weighted by Crippen LogP contribution is 2.32. The SMILES string of the molecule is CCCCCCCCC(CCCCCC)C(=O)OCCCCC1CCN(CCCCOC)C1CCCCOC(=O)C(CCCCCC)CCCCCCCC. The number of likely N-dealkylation sites (tertiary alicyclic amines) is 1. The molecule has 0 aromatic carbocycles. The molecule has 0 N–H and O–H groups in total. The highest BCUT2D eigenvalue weighted by Gasteiger charge is 2.33. The minimum atomic E-state index is 0.0643. The van der Waals surface area contributed by atoms with Crippen LogP contribution in [0.5, 0.6) is 0 Å². The van der Waals surface area contributed by atoms with Gasteiger partial charge in [-0.05, 0) is 102 Å². The van der Waals surface area contributed by atoms with Crippen LogP contribution in [0.25, 0.3) is 0 Å². The van der Waals surface area contributed by atoms with Crippen molar-refractivity contribution in [3.05, 3.63) is 0 Å².